The van der Waals surface area contributed by atoms with Gasteiger partial charge < -0.3 is 0 Å². The Morgan fingerprint density at radius 3 is 1.83 bits per heavy atom. The number of nitrogens with zero attached hydrogens (tertiary/aromatic N) is 2. The monoisotopic (exact) mass is 509 g/mol. The van der Waals surface area contributed by atoms with E-state index in [0.717, 1.165) is 22.8 Å². The highest BCUT2D eigenvalue weighted by Crippen LogP contribution is 2.61. The molecule has 4 saturated carbocycles. The molecule has 4 aliphatic rings. The van der Waals surface area contributed by atoms with Gasteiger partial charge >= 0.3 is 0 Å². The van der Waals surface area contributed by atoms with Gasteiger partial charge in [-0.2, -0.15) is 0 Å². The summed E-state index contributed by atoms with van der Waals surface area (Å²) in [4.78, 5) is 12.8. The van der Waals surface area contributed by atoms with Crippen molar-refractivity contribution >= 4 is 80.4 Å². The van der Waals surface area contributed by atoms with Gasteiger partial charge in [0, 0.05) is 5.41 Å². The summed E-state index contributed by atoms with van der Waals surface area (Å²) in [5.74, 6) is 1.87. The molecule has 6 rings (SSSR count). The molecule has 0 spiro atoms. The zero-order valence-corrected chi connectivity index (χ0v) is 19.7. The van der Waals surface area contributed by atoms with E-state index in [2.05, 4.69) is 15.5 Å². The van der Waals surface area contributed by atoms with Crippen LogP contribution in [-0.2, 0) is 5.41 Å². The fourth-order valence-corrected chi connectivity index (χ4v) is 8.09. The summed E-state index contributed by atoms with van der Waals surface area (Å²) < 4.78 is 0. The quantitative estimate of drug-likeness (QED) is 0.342. The molecule has 1 heterocycles. The summed E-state index contributed by atoms with van der Waals surface area (Å²) >= 11 is 32.0. The summed E-state index contributed by atoms with van der Waals surface area (Å²) in [6.07, 6.45) is 7.62. The third kappa shape index (κ3) is 3.37. The Labute approximate surface area is 197 Å². The Morgan fingerprint density at radius 2 is 1.31 bits per heavy atom. The van der Waals surface area contributed by atoms with Crippen molar-refractivity contribution in [2.24, 2.45) is 17.8 Å². The highest BCUT2D eigenvalue weighted by Gasteiger charge is 2.53. The first kappa shape index (κ1) is 20.6. The van der Waals surface area contributed by atoms with Crippen molar-refractivity contribution in [3.05, 3.63) is 35.7 Å². The molecule has 1 aromatic carbocycles. The van der Waals surface area contributed by atoms with Crippen LogP contribution in [0.5, 0.6) is 0 Å². The van der Waals surface area contributed by atoms with Crippen LogP contribution in [0.25, 0.3) is 0 Å². The van der Waals surface area contributed by atoms with Crippen molar-refractivity contribution in [3.8, 4) is 0 Å². The summed E-state index contributed by atoms with van der Waals surface area (Å²) in [7, 11) is 0. The SMILES string of the molecule is O=C(Nc1nnc(C23CC4CC(CC(C4)C2)C3)s1)c1c(Cl)c(Cl)c(Cl)c(Cl)c1Cl. The standard InChI is InChI=1S/C19H16Cl5N3OS/c20-11-10(12(21)14(23)15(24)13(11)22)16(28)25-18-27-26-17(29-18)19-4-7-1-8(5-19)3-9(2-7)6-19/h7-9H,1-6H2,(H,25,27,28). The van der Waals surface area contributed by atoms with Gasteiger partial charge in [-0.3, -0.25) is 10.1 Å². The molecule has 4 bridgehead atoms. The molecule has 2 aromatic rings. The number of rotatable bonds is 3. The first-order valence-electron chi connectivity index (χ1n) is 9.44. The van der Waals surface area contributed by atoms with Crippen molar-refractivity contribution in [3.63, 3.8) is 0 Å². The number of halogens is 5. The topological polar surface area (TPSA) is 54.9 Å². The van der Waals surface area contributed by atoms with Crippen LogP contribution in [-0.4, -0.2) is 16.1 Å². The molecule has 0 aliphatic heterocycles. The lowest BCUT2D eigenvalue weighted by Gasteiger charge is -2.55. The highest BCUT2D eigenvalue weighted by atomic mass is 35.5. The van der Waals surface area contributed by atoms with Crippen LogP contribution in [0.3, 0.4) is 0 Å². The smallest absolute Gasteiger partial charge is 0.260 e. The van der Waals surface area contributed by atoms with E-state index >= 15 is 0 Å². The van der Waals surface area contributed by atoms with E-state index in [1.807, 2.05) is 0 Å². The van der Waals surface area contributed by atoms with Gasteiger partial charge in [0.1, 0.15) is 5.01 Å². The van der Waals surface area contributed by atoms with Crippen LogP contribution in [0.2, 0.25) is 25.1 Å². The normalized spacial score (nSPS) is 30.0. The lowest BCUT2D eigenvalue weighted by atomic mass is 9.50. The second-order valence-corrected chi connectivity index (χ2v) is 11.4. The van der Waals surface area contributed by atoms with Gasteiger partial charge in [0.25, 0.3) is 5.91 Å². The average Bonchev–Trinajstić information content (AvgIpc) is 3.13. The minimum Gasteiger partial charge on any atom is -0.296 e. The maximum atomic E-state index is 12.8. The molecule has 4 fully saturated rings. The van der Waals surface area contributed by atoms with Gasteiger partial charge in [0.15, 0.2) is 0 Å². The Hall–Kier alpha value is -0.300. The molecule has 4 aliphatic carbocycles. The number of benzene rings is 1. The van der Waals surface area contributed by atoms with Crippen molar-refractivity contribution in [1.29, 1.82) is 0 Å². The van der Waals surface area contributed by atoms with Gasteiger partial charge in [-0.15, -0.1) is 10.2 Å². The van der Waals surface area contributed by atoms with E-state index < -0.39 is 5.91 Å². The number of aromatic nitrogens is 2. The van der Waals surface area contributed by atoms with Crippen molar-refractivity contribution < 1.29 is 4.79 Å². The van der Waals surface area contributed by atoms with Crippen LogP contribution in [0.4, 0.5) is 5.13 Å². The van der Waals surface area contributed by atoms with Crippen molar-refractivity contribution in [1.82, 2.24) is 10.2 Å². The van der Waals surface area contributed by atoms with Crippen molar-refractivity contribution in [2.75, 3.05) is 5.32 Å². The van der Waals surface area contributed by atoms with E-state index in [0.29, 0.717) is 5.13 Å². The molecular weight excluding hydrogens is 496 g/mol. The van der Waals surface area contributed by atoms with E-state index in [1.165, 1.54) is 49.9 Å². The fourth-order valence-electron chi connectivity index (χ4n) is 5.82. The summed E-state index contributed by atoms with van der Waals surface area (Å²) in [6, 6.07) is 0. The average molecular weight is 512 g/mol. The molecule has 29 heavy (non-hydrogen) atoms. The third-order valence-corrected chi connectivity index (χ3v) is 9.94. The zero-order chi connectivity index (χ0) is 20.5. The second kappa shape index (κ2) is 7.39. The maximum absolute atomic E-state index is 12.8. The molecule has 0 saturated heterocycles. The minimum atomic E-state index is -0.548. The lowest BCUT2D eigenvalue weighted by molar-refractivity contribution is -0.00555. The minimum absolute atomic E-state index is 0.0138. The Balaban J connectivity index is 1.41. The molecular formula is C19H16Cl5N3OS. The highest BCUT2D eigenvalue weighted by molar-refractivity contribution is 7.15. The number of carbonyl (C=O) groups is 1. The zero-order valence-electron chi connectivity index (χ0n) is 15.1. The summed E-state index contributed by atoms with van der Waals surface area (Å²) in [6.45, 7) is 0. The number of carbonyl (C=O) groups excluding carboxylic acids is 1. The second-order valence-electron chi connectivity index (χ2n) is 8.51. The van der Waals surface area contributed by atoms with Crippen molar-refractivity contribution in [2.45, 2.75) is 43.9 Å². The van der Waals surface area contributed by atoms with Gasteiger partial charge in [0.05, 0.1) is 30.7 Å². The van der Waals surface area contributed by atoms with E-state index in [-0.39, 0.29) is 36.1 Å². The molecule has 0 radical (unpaired) electrons. The lowest BCUT2D eigenvalue weighted by Crippen LogP contribution is -2.48. The summed E-state index contributed by atoms with van der Waals surface area (Å²) in [5, 5.41) is 12.8. The van der Waals surface area contributed by atoms with Crippen LogP contribution in [0.1, 0.15) is 53.9 Å². The number of hydrogen-bond acceptors (Lipinski definition) is 4. The molecule has 154 valence electrons. The molecule has 10 heteroatoms. The number of amides is 1. The molecule has 1 amide bonds. The Morgan fingerprint density at radius 1 is 0.828 bits per heavy atom. The summed E-state index contributed by atoms with van der Waals surface area (Å²) in [5.41, 5.74) is 0.0942. The predicted octanol–water partition coefficient (Wildman–Crippen LogP) is 7.53. The van der Waals surface area contributed by atoms with Crippen LogP contribution in [0, 0.1) is 17.8 Å². The molecule has 0 atom stereocenters. The molecule has 1 N–H and O–H groups in total. The Kier molecular flexibility index (Phi) is 5.25. The van der Waals surface area contributed by atoms with Crippen LogP contribution in [0.15, 0.2) is 0 Å². The number of anilines is 1. The molecule has 0 unspecified atom stereocenters. The number of hydrogen-bond donors (Lipinski definition) is 1. The largest absolute Gasteiger partial charge is 0.296 e. The van der Waals surface area contributed by atoms with E-state index in [4.69, 9.17) is 58.0 Å². The van der Waals surface area contributed by atoms with Gasteiger partial charge in [0.2, 0.25) is 5.13 Å². The first-order valence-corrected chi connectivity index (χ1v) is 12.1. The Bertz CT molecular complexity index is 959. The van der Waals surface area contributed by atoms with Crippen LogP contribution < -0.4 is 5.32 Å². The van der Waals surface area contributed by atoms with Crippen LogP contribution >= 0.6 is 69.3 Å². The molecule has 1 aromatic heterocycles. The van der Waals surface area contributed by atoms with Gasteiger partial charge in [-0.25, -0.2) is 0 Å². The predicted molar refractivity (Wildman–Crippen MR) is 119 cm³/mol. The maximum Gasteiger partial charge on any atom is 0.260 e. The van der Waals surface area contributed by atoms with E-state index in [9.17, 15) is 4.79 Å². The van der Waals surface area contributed by atoms with Gasteiger partial charge in [-0.05, 0) is 56.3 Å². The fraction of sp³-hybridized carbons (Fsp3) is 0.526. The number of nitrogens with one attached hydrogen (secondary N) is 1. The molecule has 4 nitrogen and oxygen atoms in total. The third-order valence-electron chi connectivity index (χ3n) is 6.57. The van der Waals surface area contributed by atoms with Gasteiger partial charge in [-0.1, -0.05) is 69.3 Å². The first-order chi connectivity index (χ1) is 13.8. The van der Waals surface area contributed by atoms with E-state index in [1.54, 1.807) is 0 Å².